The van der Waals surface area contributed by atoms with E-state index < -0.39 is 17.7 Å². The molecule has 0 saturated heterocycles. The molecule has 1 aromatic carbocycles. The van der Waals surface area contributed by atoms with Gasteiger partial charge in [0.1, 0.15) is 12.1 Å². The first-order valence-electron chi connectivity index (χ1n) is 5.73. The fourth-order valence-corrected chi connectivity index (χ4v) is 2.30. The summed E-state index contributed by atoms with van der Waals surface area (Å²) >= 11 is 5.14. The number of nitrogens with two attached hydrogens (primary N) is 2. The Kier molecular flexibility index (Phi) is 3.70. The summed E-state index contributed by atoms with van der Waals surface area (Å²) < 4.78 is 5.46. The molecule has 19 heavy (non-hydrogen) atoms. The number of carboxylic acid groups (broad SMARTS) is 1. The summed E-state index contributed by atoms with van der Waals surface area (Å²) in [4.78, 5) is 10.9. The molecule has 1 aliphatic carbocycles. The van der Waals surface area contributed by atoms with Gasteiger partial charge >= 0.3 is 6.09 Å². The molecule has 0 aliphatic heterocycles. The highest BCUT2D eigenvalue weighted by molar-refractivity contribution is 7.80. The topological polar surface area (TPSA) is 102 Å². The van der Waals surface area contributed by atoms with E-state index in [1.165, 1.54) is 0 Å². The average Bonchev–Trinajstić information content (AvgIpc) is 3.09. The lowest BCUT2D eigenvalue weighted by atomic mass is 10.2. The highest BCUT2D eigenvalue weighted by Crippen LogP contribution is 2.41. The monoisotopic (exact) mass is 281 g/mol. The Morgan fingerprint density at radius 3 is 2.58 bits per heavy atom. The number of amides is 1. The Hall–Kier alpha value is -1.70. The van der Waals surface area contributed by atoms with Crippen LogP contribution in [0.4, 0.5) is 4.79 Å². The SMILES string of the molecule is NC1CC1(C(=S)OCc1ccccc1)N(N)C(=O)O. The van der Waals surface area contributed by atoms with Crippen molar-refractivity contribution in [3.05, 3.63) is 35.9 Å². The highest BCUT2D eigenvalue weighted by Gasteiger charge is 2.62. The minimum Gasteiger partial charge on any atom is -0.480 e. The van der Waals surface area contributed by atoms with E-state index in [0.29, 0.717) is 11.4 Å². The zero-order valence-corrected chi connectivity index (χ0v) is 11.0. The van der Waals surface area contributed by atoms with Crippen LogP contribution in [0.2, 0.25) is 0 Å². The molecule has 1 amide bonds. The molecule has 102 valence electrons. The molecule has 0 radical (unpaired) electrons. The number of hydrogen-bond donors (Lipinski definition) is 3. The molecule has 0 aromatic heterocycles. The van der Waals surface area contributed by atoms with Crippen LogP contribution in [0.1, 0.15) is 12.0 Å². The molecule has 1 saturated carbocycles. The van der Waals surface area contributed by atoms with Gasteiger partial charge in [0.15, 0.2) is 5.05 Å². The van der Waals surface area contributed by atoms with E-state index in [1.807, 2.05) is 30.3 Å². The number of hydrazine groups is 1. The van der Waals surface area contributed by atoms with Crippen LogP contribution in [0.25, 0.3) is 0 Å². The molecule has 6 nitrogen and oxygen atoms in total. The van der Waals surface area contributed by atoms with Crippen LogP contribution >= 0.6 is 12.2 Å². The third kappa shape index (κ3) is 2.53. The molecule has 1 aromatic rings. The van der Waals surface area contributed by atoms with Crippen molar-refractivity contribution in [3.8, 4) is 0 Å². The van der Waals surface area contributed by atoms with Crippen molar-refractivity contribution in [1.82, 2.24) is 5.01 Å². The van der Waals surface area contributed by atoms with Crippen LogP contribution in [-0.4, -0.2) is 32.8 Å². The van der Waals surface area contributed by atoms with Crippen molar-refractivity contribution in [2.75, 3.05) is 0 Å². The van der Waals surface area contributed by atoms with Gasteiger partial charge in [-0.3, -0.25) is 0 Å². The lowest BCUT2D eigenvalue weighted by Crippen LogP contribution is -2.54. The van der Waals surface area contributed by atoms with Crippen molar-refractivity contribution in [2.45, 2.75) is 24.6 Å². The Bertz CT molecular complexity index is 496. The second-order valence-corrected chi connectivity index (χ2v) is 4.82. The van der Waals surface area contributed by atoms with Gasteiger partial charge in [-0.05, 0) is 24.2 Å². The van der Waals surface area contributed by atoms with Gasteiger partial charge in [-0.2, -0.15) is 0 Å². The van der Waals surface area contributed by atoms with Gasteiger partial charge in [0.25, 0.3) is 0 Å². The summed E-state index contributed by atoms with van der Waals surface area (Å²) in [5.74, 6) is 5.50. The first kappa shape index (κ1) is 13.7. The summed E-state index contributed by atoms with van der Waals surface area (Å²) in [6, 6.07) is 9.02. The van der Waals surface area contributed by atoms with Crippen molar-refractivity contribution in [1.29, 1.82) is 0 Å². The van der Waals surface area contributed by atoms with E-state index in [0.717, 1.165) is 5.56 Å². The summed E-state index contributed by atoms with van der Waals surface area (Å²) in [6.07, 6.45) is -0.901. The molecule has 0 heterocycles. The summed E-state index contributed by atoms with van der Waals surface area (Å²) in [5, 5.41) is 9.70. The molecule has 2 atom stereocenters. The van der Waals surface area contributed by atoms with Crippen molar-refractivity contribution in [2.24, 2.45) is 11.6 Å². The Labute approximate surface area is 115 Å². The predicted molar refractivity (Wildman–Crippen MR) is 73.2 cm³/mol. The van der Waals surface area contributed by atoms with Crippen molar-refractivity contribution >= 4 is 23.4 Å². The second kappa shape index (κ2) is 5.12. The molecule has 5 N–H and O–H groups in total. The van der Waals surface area contributed by atoms with Crippen LogP contribution in [0.3, 0.4) is 0 Å². The third-order valence-corrected chi connectivity index (χ3v) is 3.66. The summed E-state index contributed by atoms with van der Waals surface area (Å²) in [5.41, 5.74) is 5.62. The van der Waals surface area contributed by atoms with Gasteiger partial charge in [-0.25, -0.2) is 15.6 Å². The van der Waals surface area contributed by atoms with Gasteiger partial charge in [0.05, 0.1) is 0 Å². The van der Waals surface area contributed by atoms with Gasteiger partial charge < -0.3 is 15.6 Å². The number of thiocarbonyl (C=S) groups is 1. The van der Waals surface area contributed by atoms with Gasteiger partial charge in [0.2, 0.25) is 0 Å². The molecule has 7 heteroatoms. The van der Waals surface area contributed by atoms with Crippen molar-refractivity contribution in [3.63, 3.8) is 0 Å². The van der Waals surface area contributed by atoms with Crippen LogP contribution < -0.4 is 11.6 Å². The number of nitrogens with zero attached hydrogens (tertiary/aromatic N) is 1. The molecular weight excluding hydrogens is 266 g/mol. The van der Waals surface area contributed by atoms with Crippen LogP contribution in [-0.2, 0) is 11.3 Å². The average molecular weight is 281 g/mol. The molecule has 0 spiro atoms. The van der Waals surface area contributed by atoms with Crippen LogP contribution in [0.15, 0.2) is 30.3 Å². The van der Waals surface area contributed by atoms with E-state index in [1.54, 1.807) is 0 Å². The minimum absolute atomic E-state index is 0.119. The molecule has 1 aliphatic rings. The van der Waals surface area contributed by atoms with Gasteiger partial charge in [0, 0.05) is 6.04 Å². The van der Waals surface area contributed by atoms with E-state index >= 15 is 0 Å². The lowest BCUT2D eigenvalue weighted by Gasteiger charge is -2.26. The van der Waals surface area contributed by atoms with E-state index in [2.05, 4.69) is 0 Å². The summed E-state index contributed by atoms with van der Waals surface area (Å²) in [7, 11) is 0. The van der Waals surface area contributed by atoms with Gasteiger partial charge in [-0.1, -0.05) is 30.3 Å². The molecule has 1 fully saturated rings. The number of rotatable bonds is 4. The zero-order valence-electron chi connectivity index (χ0n) is 10.2. The Balaban J connectivity index is 2.01. The maximum absolute atomic E-state index is 10.9. The quantitative estimate of drug-likeness (QED) is 0.327. The fourth-order valence-electron chi connectivity index (χ4n) is 1.91. The van der Waals surface area contributed by atoms with Gasteiger partial charge in [-0.15, -0.1) is 0 Å². The van der Waals surface area contributed by atoms with Crippen LogP contribution in [0.5, 0.6) is 0 Å². The first-order chi connectivity index (χ1) is 8.98. The Morgan fingerprint density at radius 1 is 1.53 bits per heavy atom. The standard InChI is InChI=1S/C12H15N3O3S/c13-9-6-12(9,15(14)11(16)17)10(19)18-7-8-4-2-1-3-5-8/h1-5,9H,6-7,13-14H2,(H,16,17). The zero-order chi connectivity index (χ0) is 14.0. The minimum atomic E-state index is -1.28. The van der Waals surface area contributed by atoms with E-state index in [-0.39, 0.29) is 11.7 Å². The molecule has 0 bridgehead atoms. The molecule has 2 unspecified atom stereocenters. The molecular formula is C12H15N3O3S. The first-order valence-corrected chi connectivity index (χ1v) is 6.14. The number of ether oxygens (including phenoxy) is 1. The maximum Gasteiger partial charge on any atom is 0.422 e. The normalized spacial score (nSPS) is 24.6. The number of hydrogen-bond acceptors (Lipinski definition) is 5. The summed E-state index contributed by atoms with van der Waals surface area (Å²) in [6.45, 7) is 0.265. The van der Waals surface area contributed by atoms with E-state index in [4.69, 9.17) is 33.6 Å². The highest BCUT2D eigenvalue weighted by atomic mass is 32.1. The fraction of sp³-hybridized carbons (Fsp3) is 0.333. The van der Waals surface area contributed by atoms with Crippen molar-refractivity contribution < 1.29 is 14.6 Å². The smallest absolute Gasteiger partial charge is 0.422 e. The van der Waals surface area contributed by atoms with Crippen LogP contribution in [0, 0.1) is 0 Å². The number of benzene rings is 1. The maximum atomic E-state index is 10.9. The third-order valence-electron chi connectivity index (χ3n) is 3.19. The van der Waals surface area contributed by atoms with E-state index in [9.17, 15) is 4.79 Å². The largest absolute Gasteiger partial charge is 0.480 e. The predicted octanol–water partition coefficient (Wildman–Crippen LogP) is 0.854. The number of carbonyl (C=O) groups is 1. The molecule has 2 rings (SSSR count). The Morgan fingerprint density at radius 2 is 2.11 bits per heavy atom. The second-order valence-electron chi connectivity index (χ2n) is 4.45. The lowest BCUT2D eigenvalue weighted by molar-refractivity contribution is 0.124.